The Morgan fingerprint density at radius 2 is 1.86 bits per heavy atom. The number of hydrogen-bond acceptors (Lipinski definition) is 5. The lowest BCUT2D eigenvalue weighted by Crippen LogP contribution is -2.45. The molecule has 7 nitrogen and oxygen atoms in total. The van der Waals surface area contributed by atoms with Gasteiger partial charge in [-0.2, -0.15) is 0 Å². The molecule has 0 spiro atoms. The molecule has 29 heavy (non-hydrogen) atoms. The highest BCUT2D eigenvalue weighted by Crippen LogP contribution is 2.30. The number of benzene rings is 2. The van der Waals surface area contributed by atoms with E-state index in [1.54, 1.807) is 29.2 Å². The molecule has 0 aliphatic carbocycles. The standard InChI is InChI=1S/C20H18ClN3O4S/c1-2-24-17(25)11-16(29-20(24)23-15-9-5-13(21)6-10-15)18(26)22-14-7-3-12(4-8-14)19(27)28/h3-10,16H,2,11H2,1H3,(H,22,26)(H,27,28)/t16-/m1/s1. The lowest BCUT2D eigenvalue weighted by atomic mass is 10.2. The van der Waals surface area contributed by atoms with Crippen molar-refractivity contribution in [2.45, 2.75) is 18.6 Å². The van der Waals surface area contributed by atoms with Crippen molar-refractivity contribution in [3.8, 4) is 0 Å². The van der Waals surface area contributed by atoms with Crippen LogP contribution in [0.3, 0.4) is 0 Å². The van der Waals surface area contributed by atoms with Crippen LogP contribution in [0.4, 0.5) is 11.4 Å². The first kappa shape index (κ1) is 20.9. The number of thioether (sulfide) groups is 1. The molecule has 0 saturated carbocycles. The number of aliphatic imine (C=N–C) groups is 1. The zero-order valence-electron chi connectivity index (χ0n) is 15.5. The van der Waals surface area contributed by atoms with Gasteiger partial charge in [-0.1, -0.05) is 23.4 Å². The first-order chi connectivity index (χ1) is 13.9. The Hall–Kier alpha value is -2.84. The maximum Gasteiger partial charge on any atom is 0.335 e. The Kier molecular flexibility index (Phi) is 6.56. The van der Waals surface area contributed by atoms with Crippen LogP contribution in [0.1, 0.15) is 23.7 Å². The van der Waals surface area contributed by atoms with Gasteiger partial charge in [0.15, 0.2) is 5.17 Å². The van der Waals surface area contributed by atoms with Crippen molar-refractivity contribution in [3.05, 3.63) is 59.1 Å². The highest BCUT2D eigenvalue weighted by Gasteiger charge is 2.35. The van der Waals surface area contributed by atoms with E-state index in [2.05, 4.69) is 10.3 Å². The van der Waals surface area contributed by atoms with Crippen LogP contribution in [-0.2, 0) is 9.59 Å². The predicted octanol–water partition coefficient (Wildman–Crippen LogP) is 4.02. The third-order valence-corrected chi connectivity index (χ3v) is 5.64. The summed E-state index contributed by atoms with van der Waals surface area (Å²) in [6.45, 7) is 2.30. The number of amides is 2. The van der Waals surface area contributed by atoms with Crippen molar-refractivity contribution in [2.75, 3.05) is 11.9 Å². The average Bonchev–Trinajstić information content (AvgIpc) is 2.70. The lowest BCUT2D eigenvalue weighted by molar-refractivity contribution is -0.129. The minimum Gasteiger partial charge on any atom is -0.478 e. The van der Waals surface area contributed by atoms with E-state index in [0.717, 1.165) is 0 Å². The van der Waals surface area contributed by atoms with Gasteiger partial charge in [-0.25, -0.2) is 9.79 Å². The van der Waals surface area contributed by atoms with Gasteiger partial charge in [-0.05, 0) is 55.5 Å². The molecule has 3 rings (SSSR count). The number of amidine groups is 1. The number of aromatic carboxylic acids is 1. The Morgan fingerprint density at radius 1 is 1.21 bits per heavy atom. The Labute approximate surface area is 176 Å². The van der Waals surface area contributed by atoms with Crippen LogP contribution in [0, 0.1) is 0 Å². The fourth-order valence-electron chi connectivity index (χ4n) is 2.70. The van der Waals surface area contributed by atoms with Crippen LogP contribution in [0.15, 0.2) is 53.5 Å². The molecule has 1 heterocycles. The van der Waals surface area contributed by atoms with Crippen LogP contribution in [0.25, 0.3) is 0 Å². The van der Waals surface area contributed by atoms with Crippen molar-refractivity contribution >= 4 is 57.7 Å². The molecule has 9 heteroatoms. The smallest absolute Gasteiger partial charge is 0.335 e. The normalized spacial score (nSPS) is 18.0. The number of hydrogen-bond donors (Lipinski definition) is 2. The van der Waals surface area contributed by atoms with E-state index in [0.29, 0.717) is 28.1 Å². The van der Waals surface area contributed by atoms with Crippen molar-refractivity contribution in [2.24, 2.45) is 4.99 Å². The summed E-state index contributed by atoms with van der Waals surface area (Å²) in [7, 11) is 0. The number of carbonyl (C=O) groups excluding carboxylic acids is 2. The van der Waals surface area contributed by atoms with Crippen LogP contribution in [-0.4, -0.2) is 44.8 Å². The van der Waals surface area contributed by atoms with E-state index in [1.807, 2.05) is 6.92 Å². The maximum atomic E-state index is 12.7. The summed E-state index contributed by atoms with van der Waals surface area (Å²) >= 11 is 7.12. The minimum absolute atomic E-state index is 0.0528. The second-order valence-electron chi connectivity index (χ2n) is 6.19. The summed E-state index contributed by atoms with van der Waals surface area (Å²) < 4.78 is 0. The number of carbonyl (C=O) groups is 3. The van der Waals surface area contributed by atoms with Crippen molar-refractivity contribution in [3.63, 3.8) is 0 Å². The molecule has 1 saturated heterocycles. The van der Waals surface area contributed by atoms with Crippen molar-refractivity contribution in [1.29, 1.82) is 0 Å². The monoisotopic (exact) mass is 431 g/mol. The molecule has 2 aromatic rings. The molecular formula is C20H18ClN3O4S. The van der Waals surface area contributed by atoms with Gasteiger partial charge in [0.05, 0.1) is 11.3 Å². The number of rotatable bonds is 5. The first-order valence-corrected chi connectivity index (χ1v) is 10.1. The molecule has 1 aliphatic heterocycles. The SMILES string of the molecule is CCN1C(=O)C[C@H](C(=O)Nc2ccc(C(=O)O)cc2)SC1=Nc1ccc(Cl)cc1. The fourth-order valence-corrected chi connectivity index (χ4v) is 3.99. The van der Waals surface area contributed by atoms with E-state index >= 15 is 0 Å². The zero-order chi connectivity index (χ0) is 21.0. The number of halogens is 1. The molecular weight excluding hydrogens is 414 g/mol. The summed E-state index contributed by atoms with van der Waals surface area (Å²) in [5.41, 5.74) is 1.22. The quantitative estimate of drug-likeness (QED) is 0.744. The van der Waals surface area contributed by atoms with E-state index in [4.69, 9.17) is 16.7 Å². The molecule has 2 amide bonds. The molecule has 0 unspecified atom stereocenters. The average molecular weight is 432 g/mol. The molecule has 2 aromatic carbocycles. The molecule has 0 radical (unpaired) electrons. The second-order valence-corrected chi connectivity index (χ2v) is 7.80. The summed E-state index contributed by atoms with van der Waals surface area (Å²) in [5, 5.41) is 12.1. The largest absolute Gasteiger partial charge is 0.478 e. The molecule has 1 fully saturated rings. The maximum absolute atomic E-state index is 12.7. The van der Waals surface area contributed by atoms with Gasteiger partial charge in [-0.3, -0.25) is 14.5 Å². The number of anilines is 1. The van der Waals surface area contributed by atoms with E-state index in [9.17, 15) is 14.4 Å². The van der Waals surface area contributed by atoms with Gasteiger partial charge < -0.3 is 10.4 Å². The molecule has 0 aromatic heterocycles. The van der Waals surface area contributed by atoms with E-state index in [1.165, 1.54) is 36.0 Å². The van der Waals surface area contributed by atoms with Gasteiger partial charge in [0.2, 0.25) is 11.8 Å². The number of nitrogens with zero attached hydrogens (tertiary/aromatic N) is 2. The van der Waals surface area contributed by atoms with Crippen LogP contribution < -0.4 is 5.32 Å². The number of nitrogens with one attached hydrogen (secondary N) is 1. The van der Waals surface area contributed by atoms with Gasteiger partial charge in [0.1, 0.15) is 5.25 Å². The van der Waals surface area contributed by atoms with Crippen LogP contribution in [0.2, 0.25) is 5.02 Å². The summed E-state index contributed by atoms with van der Waals surface area (Å²) in [5.74, 6) is -1.56. The third-order valence-electron chi connectivity index (χ3n) is 4.20. The van der Waals surface area contributed by atoms with Gasteiger partial charge in [0, 0.05) is 23.7 Å². The van der Waals surface area contributed by atoms with Gasteiger partial charge >= 0.3 is 5.97 Å². The minimum atomic E-state index is -1.04. The fraction of sp³-hybridized carbons (Fsp3) is 0.200. The predicted molar refractivity (Wildman–Crippen MR) is 114 cm³/mol. The zero-order valence-corrected chi connectivity index (χ0v) is 17.0. The van der Waals surface area contributed by atoms with Crippen molar-refractivity contribution in [1.82, 2.24) is 4.90 Å². The van der Waals surface area contributed by atoms with Crippen LogP contribution >= 0.6 is 23.4 Å². The molecule has 0 bridgehead atoms. The molecule has 150 valence electrons. The first-order valence-electron chi connectivity index (χ1n) is 8.83. The Balaban J connectivity index is 1.77. The topological polar surface area (TPSA) is 99.1 Å². The number of carboxylic acids is 1. The molecule has 1 aliphatic rings. The Bertz CT molecular complexity index is 961. The highest BCUT2D eigenvalue weighted by atomic mass is 35.5. The van der Waals surface area contributed by atoms with Gasteiger partial charge in [-0.15, -0.1) is 0 Å². The van der Waals surface area contributed by atoms with Crippen molar-refractivity contribution < 1.29 is 19.5 Å². The van der Waals surface area contributed by atoms with E-state index < -0.39 is 11.2 Å². The second kappa shape index (κ2) is 9.11. The summed E-state index contributed by atoms with van der Waals surface area (Å²) in [6.07, 6.45) is 0.0528. The highest BCUT2D eigenvalue weighted by molar-refractivity contribution is 8.15. The van der Waals surface area contributed by atoms with Gasteiger partial charge in [0.25, 0.3) is 0 Å². The Morgan fingerprint density at radius 3 is 2.45 bits per heavy atom. The van der Waals surface area contributed by atoms with E-state index in [-0.39, 0.29) is 23.8 Å². The lowest BCUT2D eigenvalue weighted by Gasteiger charge is -2.30. The van der Waals surface area contributed by atoms with Crippen LogP contribution in [0.5, 0.6) is 0 Å². The summed E-state index contributed by atoms with van der Waals surface area (Å²) in [6, 6.07) is 12.7. The molecule has 2 N–H and O–H groups in total. The molecule has 1 atom stereocenters. The number of carboxylic acid groups (broad SMARTS) is 1. The summed E-state index contributed by atoms with van der Waals surface area (Å²) in [4.78, 5) is 42.2. The third kappa shape index (κ3) is 5.16.